The molecule has 0 aliphatic rings. The molecule has 2 rings (SSSR count). The number of aromatic nitrogens is 1. The van der Waals surface area contributed by atoms with Crippen molar-refractivity contribution < 1.29 is 9.53 Å². The number of hydrogen-bond acceptors (Lipinski definition) is 3. The van der Waals surface area contributed by atoms with Crippen LogP contribution in [-0.4, -0.2) is 24.2 Å². The number of urea groups is 1. The van der Waals surface area contributed by atoms with Crippen LogP contribution in [0, 0.1) is 0 Å². The Balaban J connectivity index is 1.68. The van der Waals surface area contributed by atoms with Crippen LogP contribution >= 0.6 is 0 Å². The number of carbonyl (C=O) groups excluding carboxylic acids is 1. The van der Waals surface area contributed by atoms with Gasteiger partial charge in [0.15, 0.2) is 0 Å². The molecule has 2 N–H and O–H groups in total. The summed E-state index contributed by atoms with van der Waals surface area (Å²) in [6, 6.07) is 13.4. The van der Waals surface area contributed by atoms with Crippen molar-refractivity contribution in [2.75, 3.05) is 13.2 Å². The maximum absolute atomic E-state index is 11.7. The third-order valence-electron chi connectivity index (χ3n) is 3.51. The van der Waals surface area contributed by atoms with E-state index in [1.165, 1.54) is 5.56 Å². The van der Waals surface area contributed by atoms with E-state index in [-0.39, 0.29) is 11.4 Å². The van der Waals surface area contributed by atoms with Crippen LogP contribution in [0.25, 0.3) is 0 Å². The first-order chi connectivity index (χ1) is 11.4. The van der Waals surface area contributed by atoms with Gasteiger partial charge >= 0.3 is 6.03 Å². The zero-order valence-electron chi connectivity index (χ0n) is 14.5. The monoisotopic (exact) mass is 327 g/mol. The van der Waals surface area contributed by atoms with E-state index in [2.05, 4.69) is 42.5 Å². The summed E-state index contributed by atoms with van der Waals surface area (Å²) >= 11 is 0. The van der Waals surface area contributed by atoms with Crippen LogP contribution in [0.1, 0.15) is 32.0 Å². The Morgan fingerprint density at radius 1 is 1.12 bits per heavy atom. The summed E-state index contributed by atoms with van der Waals surface area (Å²) in [5.41, 5.74) is 2.13. The molecular formula is C19H25N3O2. The third-order valence-corrected chi connectivity index (χ3v) is 3.51. The number of ether oxygens (including phenoxy) is 1. The van der Waals surface area contributed by atoms with Gasteiger partial charge in [0.25, 0.3) is 0 Å². The van der Waals surface area contributed by atoms with Gasteiger partial charge < -0.3 is 15.4 Å². The predicted molar refractivity (Wildman–Crippen MR) is 95.1 cm³/mol. The molecule has 0 aliphatic carbocycles. The second-order valence-corrected chi connectivity index (χ2v) is 6.56. The normalized spacial score (nSPS) is 11.0. The maximum Gasteiger partial charge on any atom is 0.315 e. The molecule has 2 amide bonds. The minimum absolute atomic E-state index is 0.0863. The van der Waals surface area contributed by atoms with Crippen molar-refractivity contribution in [1.82, 2.24) is 15.6 Å². The van der Waals surface area contributed by atoms with Gasteiger partial charge in [-0.1, -0.05) is 39.0 Å². The van der Waals surface area contributed by atoms with Gasteiger partial charge in [-0.15, -0.1) is 0 Å². The highest BCUT2D eigenvalue weighted by Gasteiger charge is 2.13. The number of carbonyl (C=O) groups is 1. The Bertz CT molecular complexity index is 651. The summed E-state index contributed by atoms with van der Waals surface area (Å²) < 4.78 is 5.70. The molecule has 0 fully saturated rings. The van der Waals surface area contributed by atoms with Crippen LogP contribution in [0.15, 0.2) is 48.7 Å². The molecule has 1 aromatic carbocycles. The van der Waals surface area contributed by atoms with Gasteiger partial charge in [-0.2, -0.15) is 0 Å². The van der Waals surface area contributed by atoms with Gasteiger partial charge in [-0.3, -0.25) is 4.98 Å². The maximum atomic E-state index is 11.7. The smallest absolute Gasteiger partial charge is 0.315 e. The lowest BCUT2D eigenvalue weighted by Crippen LogP contribution is -2.37. The lowest BCUT2D eigenvalue weighted by Gasteiger charge is -2.19. The first-order valence-corrected chi connectivity index (χ1v) is 8.10. The van der Waals surface area contributed by atoms with Crippen molar-refractivity contribution in [3.05, 3.63) is 59.9 Å². The van der Waals surface area contributed by atoms with Crippen LogP contribution in [-0.2, 0) is 12.0 Å². The van der Waals surface area contributed by atoms with Crippen molar-refractivity contribution in [1.29, 1.82) is 0 Å². The molecule has 0 saturated heterocycles. The SMILES string of the molecule is CC(C)(C)c1cccc(OCCNC(=O)NCc2ccccn2)c1. The van der Waals surface area contributed by atoms with Crippen molar-refractivity contribution in [2.24, 2.45) is 0 Å². The summed E-state index contributed by atoms with van der Waals surface area (Å²) in [5.74, 6) is 0.818. The molecule has 0 unspecified atom stereocenters. The van der Waals surface area contributed by atoms with E-state index in [1.54, 1.807) is 6.20 Å². The molecule has 0 atom stereocenters. The summed E-state index contributed by atoms with van der Waals surface area (Å²) in [6.45, 7) is 7.76. The van der Waals surface area contributed by atoms with Gasteiger partial charge in [-0.25, -0.2) is 4.79 Å². The number of nitrogens with one attached hydrogen (secondary N) is 2. The Labute approximate surface area is 143 Å². The zero-order chi connectivity index (χ0) is 17.4. The topological polar surface area (TPSA) is 63.2 Å². The van der Waals surface area contributed by atoms with Crippen LogP contribution in [0.3, 0.4) is 0 Å². The van der Waals surface area contributed by atoms with E-state index in [0.717, 1.165) is 11.4 Å². The first kappa shape index (κ1) is 17.8. The Morgan fingerprint density at radius 2 is 1.96 bits per heavy atom. The molecule has 5 nitrogen and oxygen atoms in total. The predicted octanol–water partition coefficient (Wildman–Crippen LogP) is 3.26. The van der Waals surface area contributed by atoms with Gasteiger partial charge in [-0.05, 0) is 35.2 Å². The Hall–Kier alpha value is -2.56. The Morgan fingerprint density at radius 3 is 2.67 bits per heavy atom. The number of nitrogens with zero attached hydrogens (tertiary/aromatic N) is 1. The number of benzene rings is 1. The lowest BCUT2D eigenvalue weighted by molar-refractivity contribution is 0.236. The molecule has 0 bridgehead atoms. The first-order valence-electron chi connectivity index (χ1n) is 8.10. The molecule has 0 saturated carbocycles. The van der Waals surface area contributed by atoms with E-state index in [0.29, 0.717) is 19.7 Å². The number of amides is 2. The van der Waals surface area contributed by atoms with Crippen LogP contribution in [0.5, 0.6) is 5.75 Å². The summed E-state index contributed by atoms with van der Waals surface area (Å²) in [5, 5.41) is 5.52. The quantitative estimate of drug-likeness (QED) is 0.801. The summed E-state index contributed by atoms with van der Waals surface area (Å²) in [6.07, 6.45) is 1.70. The summed E-state index contributed by atoms with van der Waals surface area (Å²) in [4.78, 5) is 15.9. The molecule has 0 spiro atoms. The number of pyridine rings is 1. The molecule has 1 heterocycles. The average Bonchev–Trinajstić information content (AvgIpc) is 2.57. The molecular weight excluding hydrogens is 302 g/mol. The fraction of sp³-hybridized carbons (Fsp3) is 0.368. The number of hydrogen-bond donors (Lipinski definition) is 2. The highest BCUT2D eigenvalue weighted by molar-refractivity contribution is 5.73. The highest BCUT2D eigenvalue weighted by Crippen LogP contribution is 2.25. The minimum atomic E-state index is -0.229. The molecule has 5 heteroatoms. The van der Waals surface area contributed by atoms with Crippen LogP contribution in [0.2, 0.25) is 0 Å². The highest BCUT2D eigenvalue weighted by atomic mass is 16.5. The molecule has 2 aromatic rings. The van der Waals surface area contributed by atoms with E-state index >= 15 is 0 Å². The lowest BCUT2D eigenvalue weighted by atomic mass is 9.87. The van der Waals surface area contributed by atoms with E-state index < -0.39 is 0 Å². The second-order valence-electron chi connectivity index (χ2n) is 6.56. The summed E-state index contributed by atoms with van der Waals surface area (Å²) in [7, 11) is 0. The fourth-order valence-electron chi connectivity index (χ4n) is 2.12. The molecule has 0 aliphatic heterocycles. The van der Waals surface area contributed by atoms with Crippen molar-refractivity contribution in [3.8, 4) is 5.75 Å². The van der Waals surface area contributed by atoms with E-state index in [1.807, 2.05) is 36.4 Å². The third kappa shape index (κ3) is 5.91. The standard InChI is InChI=1S/C19H25N3O2/c1-19(2,3)15-7-6-9-17(13-15)24-12-11-21-18(23)22-14-16-8-4-5-10-20-16/h4-10,13H,11-12,14H2,1-3H3,(H2,21,22,23). The minimum Gasteiger partial charge on any atom is -0.492 e. The molecule has 24 heavy (non-hydrogen) atoms. The average molecular weight is 327 g/mol. The molecule has 1 aromatic heterocycles. The van der Waals surface area contributed by atoms with Gasteiger partial charge in [0.2, 0.25) is 0 Å². The second kappa shape index (κ2) is 8.34. The van der Waals surface area contributed by atoms with Crippen molar-refractivity contribution in [2.45, 2.75) is 32.7 Å². The van der Waals surface area contributed by atoms with Crippen LogP contribution in [0.4, 0.5) is 4.79 Å². The van der Waals surface area contributed by atoms with Gasteiger partial charge in [0.1, 0.15) is 12.4 Å². The fourth-order valence-corrected chi connectivity index (χ4v) is 2.12. The van der Waals surface area contributed by atoms with Gasteiger partial charge in [0, 0.05) is 6.20 Å². The van der Waals surface area contributed by atoms with Crippen molar-refractivity contribution in [3.63, 3.8) is 0 Å². The number of rotatable bonds is 6. The molecule has 128 valence electrons. The Kier molecular flexibility index (Phi) is 6.18. The van der Waals surface area contributed by atoms with Crippen LogP contribution < -0.4 is 15.4 Å². The largest absolute Gasteiger partial charge is 0.492 e. The van der Waals surface area contributed by atoms with Gasteiger partial charge in [0.05, 0.1) is 18.8 Å². The van der Waals surface area contributed by atoms with Crippen molar-refractivity contribution >= 4 is 6.03 Å². The molecule has 0 radical (unpaired) electrons. The van der Waals surface area contributed by atoms with E-state index in [9.17, 15) is 4.79 Å². The zero-order valence-corrected chi connectivity index (χ0v) is 14.5. The van der Waals surface area contributed by atoms with E-state index in [4.69, 9.17) is 4.74 Å².